The van der Waals surface area contributed by atoms with Crippen LogP contribution in [0.4, 0.5) is 56.6 Å². The van der Waals surface area contributed by atoms with Crippen LogP contribution >= 0.6 is 15.9 Å². The molecule has 0 saturated carbocycles. The number of nitrogens with one attached hydrogen (secondary N) is 1. The van der Waals surface area contributed by atoms with Crippen molar-refractivity contribution >= 4 is 65.7 Å². The van der Waals surface area contributed by atoms with Gasteiger partial charge in [-0.05, 0) is 42.5 Å². The van der Waals surface area contributed by atoms with Gasteiger partial charge in [0.1, 0.15) is 11.1 Å². The molecule has 0 radical (unpaired) electrons. The number of alkyl halides is 10. The lowest BCUT2D eigenvalue weighted by Crippen LogP contribution is -2.09. The molecule has 3 heterocycles. The molecule has 6 aromatic rings. The Bertz CT molecular complexity index is 2340. The van der Waals surface area contributed by atoms with E-state index in [1.165, 1.54) is 31.5 Å². The number of aromatic nitrogens is 3. The number of nitrogens with zero attached hydrogens (tertiary/aromatic N) is 4. The molecule has 3 aromatic heterocycles. The molecule has 0 fully saturated rings. The summed E-state index contributed by atoms with van der Waals surface area (Å²) in [5, 5.41) is 23.4. The van der Waals surface area contributed by atoms with Gasteiger partial charge in [0.2, 0.25) is 0 Å². The van der Waals surface area contributed by atoms with Gasteiger partial charge in [-0.3, -0.25) is 20.2 Å². The van der Waals surface area contributed by atoms with Crippen LogP contribution in [0.5, 0.6) is 0 Å². The Hall–Kier alpha value is -5.39. The van der Waals surface area contributed by atoms with Gasteiger partial charge in [-0.25, -0.2) is 0 Å². The Morgan fingerprint density at radius 2 is 1.07 bits per heavy atom. The van der Waals surface area contributed by atoms with E-state index in [0.29, 0.717) is 53.6 Å². The number of nitro groups is 2. The first-order valence-electron chi connectivity index (χ1n) is 16.7. The topological polar surface area (TPSA) is 166 Å². The molecule has 322 valence electrons. The maximum atomic E-state index is 12.8. The van der Waals surface area contributed by atoms with Crippen molar-refractivity contribution in [1.29, 1.82) is 0 Å². The first kappa shape index (κ1) is 48.0. The molecule has 3 N–H and O–H groups in total. The smallest absolute Gasteiger partial charge is 0.398 e. The molecular weight excluding hydrogens is 879 g/mol. The highest BCUT2D eigenvalue weighted by Crippen LogP contribution is 2.40. The summed E-state index contributed by atoms with van der Waals surface area (Å²) in [7, 11) is 4.75. The third kappa shape index (κ3) is 12.8. The molecule has 59 heavy (non-hydrogen) atoms. The average molecular weight is 916 g/mol. The standard InChI is InChI=1S/C12H11F3N2O3.C12H13F3N2O.C9H5F3N2O2.C3H7BrO/c1-20-5-4-16-3-2-8-6-9(12(13,14)15)11(17(18)19)7-10(8)16;1-18-5-4-17-3-2-8-6-9(12(13,14)15)10(16)7-11(8)17;10-9(11,12)6-3-5-1-2-13-7(5)4-8(6)14(15)16;1-5-3-2-4/h2-3,6-7H,4-5H2,1H3;2-3,6-7H,4-5,16H2,1H3;1-4,13H;2-3H2,1H3. The van der Waals surface area contributed by atoms with E-state index in [9.17, 15) is 59.7 Å². The summed E-state index contributed by atoms with van der Waals surface area (Å²) in [6, 6.07) is 10.4. The SMILES string of the molecule is COCCBr.COCCn1ccc2cc(C(F)(F)F)c(N)cc21.COCCn1ccc2cc(C(F)(F)F)c([N+](=O)[O-])cc21.O=[N+]([O-])c1cc2[nH]ccc2cc1C(F)(F)F. The van der Waals surface area contributed by atoms with Gasteiger partial charge >= 0.3 is 18.5 Å². The number of ether oxygens (including phenoxy) is 3. The highest BCUT2D eigenvalue weighted by atomic mass is 79.9. The number of hydrogen-bond acceptors (Lipinski definition) is 8. The lowest BCUT2D eigenvalue weighted by atomic mass is 10.1. The predicted octanol–water partition coefficient (Wildman–Crippen LogP) is 10.2. The van der Waals surface area contributed by atoms with Crippen LogP contribution in [-0.4, -0.2) is 70.4 Å². The second-order valence-corrected chi connectivity index (χ2v) is 12.8. The van der Waals surface area contributed by atoms with Crippen molar-refractivity contribution in [3.8, 4) is 0 Å². The van der Waals surface area contributed by atoms with Crippen LogP contribution in [0.15, 0.2) is 73.2 Å². The fourth-order valence-electron chi connectivity index (χ4n) is 5.42. The van der Waals surface area contributed by atoms with Crippen LogP contribution in [-0.2, 0) is 45.8 Å². The number of benzene rings is 3. The van der Waals surface area contributed by atoms with Gasteiger partial charge in [-0.1, -0.05) is 15.9 Å². The maximum Gasteiger partial charge on any atom is 0.423 e. The van der Waals surface area contributed by atoms with Crippen molar-refractivity contribution in [3.05, 3.63) is 110 Å². The van der Waals surface area contributed by atoms with Crippen molar-refractivity contribution in [1.82, 2.24) is 14.1 Å². The summed E-state index contributed by atoms with van der Waals surface area (Å²) in [4.78, 5) is 21.9. The van der Waals surface area contributed by atoms with Crippen LogP contribution < -0.4 is 5.73 Å². The highest BCUT2D eigenvalue weighted by Gasteiger charge is 2.40. The van der Waals surface area contributed by atoms with Crippen molar-refractivity contribution in [2.24, 2.45) is 0 Å². The van der Waals surface area contributed by atoms with Gasteiger partial charge in [0.05, 0.1) is 51.8 Å². The van der Waals surface area contributed by atoms with E-state index in [2.05, 4.69) is 25.7 Å². The Morgan fingerprint density at radius 3 is 1.47 bits per heavy atom. The Labute approximate surface area is 336 Å². The van der Waals surface area contributed by atoms with Gasteiger partial charge in [0, 0.05) is 92.3 Å². The molecule has 0 spiro atoms. The number of aromatic amines is 1. The largest absolute Gasteiger partial charge is 0.423 e. The van der Waals surface area contributed by atoms with Crippen LogP contribution in [0.3, 0.4) is 0 Å². The molecule has 13 nitrogen and oxygen atoms in total. The average Bonchev–Trinajstić information content (AvgIpc) is 3.89. The molecule has 0 aliphatic rings. The lowest BCUT2D eigenvalue weighted by Gasteiger charge is -2.11. The monoisotopic (exact) mass is 914 g/mol. The van der Waals surface area contributed by atoms with E-state index in [4.69, 9.17) is 15.2 Å². The van der Waals surface area contributed by atoms with Gasteiger partial charge in [0.25, 0.3) is 11.4 Å². The fraction of sp³-hybridized carbons (Fsp3) is 0.333. The molecule has 0 saturated heterocycles. The third-order valence-corrected chi connectivity index (χ3v) is 8.49. The quantitative estimate of drug-likeness (QED) is 0.0451. The molecule has 0 atom stereocenters. The summed E-state index contributed by atoms with van der Waals surface area (Å²) in [6.45, 7) is 2.64. The van der Waals surface area contributed by atoms with Crippen LogP contribution in [0.25, 0.3) is 32.7 Å². The van der Waals surface area contributed by atoms with Crippen LogP contribution in [0, 0.1) is 20.2 Å². The number of nitro benzene ring substituents is 2. The zero-order chi connectivity index (χ0) is 44.3. The minimum atomic E-state index is -4.76. The van der Waals surface area contributed by atoms with Gasteiger partial charge in [-0.15, -0.1) is 0 Å². The lowest BCUT2D eigenvalue weighted by molar-refractivity contribution is -0.388. The number of nitrogens with two attached hydrogens (primary N) is 1. The number of anilines is 1. The number of methoxy groups -OCH3 is 3. The summed E-state index contributed by atoms with van der Waals surface area (Å²) in [6.07, 6.45) is -9.18. The van der Waals surface area contributed by atoms with Gasteiger partial charge < -0.3 is 34.1 Å². The van der Waals surface area contributed by atoms with E-state index >= 15 is 0 Å². The molecule has 6 rings (SSSR count). The Morgan fingerprint density at radius 1 is 0.644 bits per heavy atom. The van der Waals surface area contributed by atoms with Crippen molar-refractivity contribution < 1.29 is 63.6 Å². The van der Waals surface area contributed by atoms with E-state index in [-0.39, 0.29) is 11.1 Å². The van der Waals surface area contributed by atoms with Crippen molar-refractivity contribution in [2.45, 2.75) is 31.6 Å². The molecule has 0 unspecified atom stereocenters. The Kier molecular flexibility index (Phi) is 16.7. The third-order valence-electron chi connectivity index (χ3n) is 8.16. The first-order valence-corrected chi connectivity index (χ1v) is 17.9. The summed E-state index contributed by atoms with van der Waals surface area (Å²) < 4.78 is 132. The zero-order valence-corrected chi connectivity index (χ0v) is 32.8. The number of nitrogen functional groups attached to an aromatic ring is 1. The van der Waals surface area contributed by atoms with E-state index in [0.717, 1.165) is 42.3 Å². The van der Waals surface area contributed by atoms with E-state index < -0.39 is 56.4 Å². The highest BCUT2D eigenvalue weighted by molar-refractivity contribution is 9.09. The van der Waals surface area contributed by atoms with Crippen molar-refractivity contribution in [2.75, 3.05) is 52.2 Å². The predicted molar refractivity (Wildman–Crippen MR) is 204 cm³/mol. The summed E-state index contributed by atoms with van der Waals surface area (Å²) in [5.74, 6) is 0. The molecule has 0 bridgehead atoms. The van der Waals surface area contributed by atoms with E-state index in [1.807, 2.05) is 4.57 Å². The molecule has 0 amide bonds. The first-order chi connectivity index (χ1) is 27.6. The van der Waals surface area contributed by atoms with Gasteiger partial charge in [-0.2, -0.15) is 39.5 Å². The van der Waals surface area contributed by atoms with Crippen LogP contribution in [0.2, 0.25) is 0 Å². The van der Waals surface area contributed by atoms with Gasteiger partial charge in [0.15, 0.2) is 0 Å². The Balaban J connectivity index is 0.000000224. The maximum absolute atomic E-state index is 12.8. The zero-order valence-electron chi connectivity index (χ0n) is 31.2. The number of rotatable bonds is 10. The van der Waals surface area contributed by atoms with Crippen LogP contribution in [0.1, 0.15) is 16.7 Å². The summed E-state index contributed by atoms with van der Waals surface area (Å²) >= 11 is 3.18. The molecule has 23 heteroatoms. The second kappa shape index (κ2) is 20.5. The molecule has 3 aromatic carbocycles. The molecule has 0 aliphatic carbocycles. The molecular formula is C36H36BrF9N6O7. The fourth-order valence-corrected chi connectivity index (χ4v) is 5.74. The minimum absolute atomic E-state index is 0.257. The second-order valence-electron chi connectivity index (χ2n) is 12.1. The normalized spacial score (nSPS) is 11.7. The number of hydrogen-bond donors (Lipinski definition) is 2. The van der Waals surface area contributed by atoms with E-state index in [1.54, 1.807) is 37.2 Å². The number of fused-ring (bicyclic) bond motifs is 3. The summed E-state index contributed by atoms with van der Waals surface area (Å²) in [5.41, 5.74) is 1.42. The van der Waals surface area contributed by atoms with Crippen molar-refractivity contribution in [3.63, 3.8) is 0 Å². The minimum Gasteiger partial charge on any atom is -0.398 e. The number of H-pyrrole nitrogens is 1. The number of halogens is 10. The molecule has 0 aliphatic heterocycles.